The van der Waals surface area contributed by atoms with Crippen molar-refractivity contribution < 1.29 is 8.42 Å². The smallest absolute Gasteiger partial charge is 0.263 e. The number of aromatic nitrogens is 1. The fourth-order valence-corrected chi connectivity index (χ4v) is 2.55. The van der Waals surface area contributed by atoms with Crippen molar-refractivity contribution in [1.29, 1.82) is 0 Å². The van der Waals surface area contributed by atoms with Gasteiger partial charge >= 0.3 is 0 Å². The van der Waals surface area contributed by atoms with Crippen LogP contribution >= 0.6 is 15.9 Å². The van der Waals surface area contributed by atoms with E-state index in [1.165, 1.54) is 24.4 Å². The summed E-state index contributed by atoms with van der Waals surface area (Å²) >= 11 is 3.25. The van der Waals surface area contributed by atoms with Crippen molar-refractivity contribution in [3.8, 4) is 0 Å². The first-order chi connectivity index (χ1) is 8.47. The second-order valence-corrected chi connectivity index (χ2v) is 6.13. The lowest BCUT2D eigenvalue weighted by atomic mass is 10.4. The highest BCUT2D eigenvalue weighted by Gasteiger charge is 2.14. The molecule has 1 aromatic carbocycles. The maximum atomic E-state index is 12.0. The molecule has 0 spiro atoms. The number of nitrogens with zero attached hydrogens (tertiary/aromatic N) is 1. The van der Waals surface area contributed by atoms with Gasteiger partial charge in [0, 0.05) is 4.47 Å². The van der Waals surface area contributed by atoms with Crippen LogP contribution in [0.25, 0.3) is 0 Å². The summed E-state index contributed by atoms with van der Waals surface area (Å²) in [6.07, 6.45) is 1.39. The van der Waals surface area contributed by atoms with Gasteiger partial charge in [0.05, 0.1) is 16.8 Å². The molecule has 0 bridgehead atoms. The second kappa shape index (κ2) is 4.95. The quantitative estimate of drug-likeness (QED) is 0.905. The minimum atomic E-state index is -3.62. The van der Waals surface area contributed by atoms with E-state index in [9.17, 15) is 8.42 Å². The third-order valence-corrected chi connectivity index (χ3v) is 4.05. The fraction of sp³-hybridized carbons (Fsp3) is 0. The van der Waals surface area contributed by atoms with Crippen molar-refractivity contribution >= 4 is 37.5 Å². The molecule has 0 saturated carbocycles. The van der Waals surface area contributed by atoms with E-state index in [0.29, 0.717) is 5.69 Å². The number of hydrogen-bond donors (Lipinski definition) is 2. The number of nitrogen functional groups attached to an aromatic ring is 1. The van der Waals surface area contributed by atoms with Gasteiger partial charge in [0.1, 0.15) is 5.82 Å². The average molecular weight is 328 g/mol. The van der Waals surface area contributed by atoms with Crippen LogP contribution in [-0.2, 0) is 10.0 Å². The van der Waals surface area contributed by atoms with Gasteiger partial charge in [-0.3, -0.25) is 4.72 Å². The Balaban J connectivity index is 2.27. The number of pyridine rings is 1. The van der Waals surface area contributed by atoms with Crippen molar-refractivity contribution in [1.82, 2.24) is 4.98 Å². The summed E-state index contributed by atoms with van der Waals surface area (Å²) in [6, 6.07) is 9.40. The standard InChI is InChI=1S/C11H10BrN3O2S/c12-8-1-4-10(5-2-8)18(16,17)15-11-6-3-9(13)7-14-11/h1-7H,13H2,(H,14,15). The highest BCUT2D eigenvalue weighted by atomic mass is 79.9. The van der Waals surface area contributed by atoms with Crippen LogP contribution in [0.4, 0.5) is 11.5 Å². The van der Waals surface area contributed by atoms with Gasteiger partial charge in [-0.2, -0.15) is 0 Å². The van der Waals surface area contributed by atoms with Gasteiger partial charge in [-0.05, 0) is 36.4 Å². The lowest BCUT2D eigenvalue weighted by Gasteiger charge is -2.07. The van der Waals surface area contributed by atoms with Crippen LogP contribution in [0.3, 0.4) is 0 Å². The van der Waals surface area contributed by atoms with E-state index in [1.54, 1.807) is 18.2 Å². The van der Waals surface area contributed by atoms with Crippen LogP contribution in [0, 0.1) is 0 Å². The van der Waals surface area contributed by atoms with Crippen molar-refractivity contribution in [3.05, 3.63) is 47.1 Å². The molecule has 0 saturated heterocycles. The van der Waals surface area contributed by atoms with Crippen molar-refractivity contribution in [2.45, 2.75) is 4.90 Å². The van der Waals surface area contributed by atoms with Gasteiger partial charge in [0.2, 0.25) is 0 Å². The van der Waals surface area contributed by atoms with Crippen molar-refractivity contribution in [3.63, 3.8) is 0 Å². The van der Waals surface area contributed by atoms with Crippen molar-refractivity contribution in [2.75, 3.05) is 10.5 Å². The summed E-state index contributed by atoms with van der Waals surface area (Å²) < 4.78 is 27.2. The molecule has 0 aliphatic heterocycles. The van der Waals surface area contributed by atoms with Gasteiger partial charge in [-0.15, -0.1) is 0 Å². The number of nitrogens with two attached hydrogens (primary N) is 1. The van der Waals surface area contributed by atoms with E-state index < -0.39 is 10.0 Å². The number of benzene rings is 1. The molecule has 1 aromatic heterocycles. The zero-order valence-electron chi connectivity index (χ0n) is 9.17. The topological polar surface area (TPSA) is 85.1 Å². The first-order valence-electron chi connectivity index (χ1n) is 4.97. The molecule has 2 rings (SSSR count). The van der Waals surface area contributed by atoms with Crippen LogP contribution in [0.5, 0.6) is 0 Å². The number of sulfonamides is 1. The largest absolute Gasteiger partial charge is 0.397 e. The van der Waals surface area contributed by atoms with E-state index in [0.717, 1.165) is 4.47 Å². The Labute approximate surface area is 113 Å². The molecule has 0 fully saturated rings. The lowest BCUT2D eigenvalue weighted by molar-refractivity contribution is 0.601. The number of nitrogens with one attached hydrogen (secondary N) is 1. The summed E-state index contributed by atoms with van der Waals surface area (Å²) in [7, 11) is -3.62. The molecular formula is C11H10BrN3O2S. The normalized spacial score (nSPS) is 11.2. The number of halogens is 1. The summed E-state index contributed by atoms with van der Waals surface area (Å²) in [5, 5.41) is 0. The van der Waals surface area contributed by atoms with Crippen molar-refractivity contribution in [2.24, 2.45) is 0 Å². The predicted molar refractivity (Wildman–Crippen MR) is 73.6 cm³/mol. The highest BCUT2D eigenvalue weighted by molar-refractivity contribution is 9.10. The molecule has 94 valence electrons. The van der Waals surface area contributed by atoms with Gasteiger partial charge in [0.15, 0.2) is 0 Å². The van der Waals surface area contributed by atoms with E-state index in [4.69, 9.17) is 5.73 Å². The summed E-state index contributed by atoms with van der Waals surface area (Å²) in [6.45, 7) is 0. The molecule has 0 aliphatic rings. The van der Waals surface area contributed by atoms with Crippen LogP contribution in [0.2, 0.25) is 0 Å². The molecule has 5 nitrogen and oxygen atoms in total. The molecule has 7 heteroatoms. The first-order valence-corrected chi connectivity index (χ1v) is 7.25. The molecule has 3 N–H and O–H groups in total. The SMILES string of the molecule is Nc1ccc(NS(=O)(=O)c2ccc(Br)cc2)nc1. The van der Waals surface area contributed by atoms with E-state index in [-0.39, 0.29) is 10.7 Å². The van der Waals surface area contributed by atoms with Gasteiger partial charge in [-0.25, -0.2) is 13.4 Å². The minimum Gasteiger partial charge on any atom is -0.397 e. The number of anilines is 2. The summed E-state index contributed by atoms with van der Waals surface area (Å²) in [4.78, 5) is 4.05. The van der Waals surface area contributed by atoms with Crippen LogP contribution in [0.15, 0.2) is 52.0 Å². The molecule has 1 heterocycles. The molecule has 2 aromatic rings. The van der Waals surface area contributed by atoms with Gasteiger partial charge in [-0.1, -0.05) is 15.9 Å². The Morgan fingerprint density at radius 1 is 1.11 bits per heavy atom. The Kier molecular flexibility index (Phi) is 3.53. The zero-order valence-corrected chi connectivity index (χ0v) is 11.6. The maximum absolute atomic E-state index is 12.0. The Morgan fingerprint density at radius 3 is 2.33 bits per heavy atom. The third-order valence-electron chi connectivity index (χ3n) is 2.15. The van der Waals surface area contributed by atoms with E-state index >= 15 is 0 Å². The average Bonchev–Trinajstić information content (AvgIpc) is 2.32. The van der Waals surface area contributed by atoms with Crippen LogP contribution in [0.1, 0.15) is 0 Å². The molecule has 0 unspecified atom stereocenters. The maximum Gasteiger partial charge on any atom is 0.263 e. The minimum absolute atomic E-state index is 0.171. The molecule has 0 amide bonds. The Bertz CT molecular complexity index is 639. The summed E-state index contributed by atoms with van der Waals surface area (Å²) in [5.41, 5.74) is 5.95. The van der Waals surface area contributed by atoms with E-state index in [2.05, 4.69) is 25.6 Å². The van der Waals surface area contributed by atoms with Gasteiger partial charge in [0.25, 0.3) is 10.0 Å². The lowest BCUT2D eigenvalue weighted by Crippen LogP contribution is -2.13. The Morgan fingerprint density at radius 2 is 1.78 bits per heavy atom. The number of hydrogen-bond acceptors (Lipinski definition) is 4. The Hall–Kier alpha value is -1.60. The molecular weight excluding hydrogens is 318 g/mol. The van der Waals surface area contributed by atoms with Crippen LogP contribution < -0.4 is 10.5 Å². The summed E-state index contributed by atoms with van der Waals surface area (Å²) in [5.74, 6) is 0.229. The fourth-order valence-electron chi connectivity index (χ4n) is 1.28. The number of rotatable bonds is 3. The highest BCUT2D eigenvalue weighted by Crippen LogP contribution is 2.17. The predicted octanol–water partition coefficient (Wildman–Crippen LogP) is 2.23. The van der Waals surface area contributed by atoms with E-state index in [1.807, 2.05) is 0 Å². The first kappa shape index (κ1) is 12.8. The monoisotopic (exact) mass is 327 g/mol. The molecule has 0 aliphatic carbocycles. The molecule has 0 atom stereocenters. The molecule has 0 radical (unpaired) electrons. The van der Waals surface area contributed by atoms with Gasteiger partial charge < -0.3 is 5.73 Å². The molecule has 18 heavy (non-hydrogen) atoms. The zero-order chi connectivity index (χ0) is 13.2. The second-order valence-electron chi connectivity index (χ2n) is 3.54. The third kappa shape index (κ3) is 2.99. The van der Waals surface area contributed by atoms with Crippen LogP contribution in [-0.4, -0.2) is 13.4 Å².